The van der Waals surface area contributed by atoms with Crippen LogP contribution in [0.25, 0.3) is 16.7 Å². The topological polar surface area (TPSA) is 74.1 Å². The Morgan fingerprint density at radius 1 is 1.07 bits per heavy atom. The van der Waals surface area contributed by atoms with E-state index in [1.54, 1.807) is 0 Å². The van der Waals surface area contributed by atoms with E-state index < -0.39 is 0 Å². The Hall–Kier alpha value is -2.93. The molecule has 6 rings (SSSR count). The number of hydrogen-bond acceptors (Lipinski definition) is 5. The number of aryl methyl sites for hydroxylation is 1. The highest BCUT2D eigenvalue weighted by Gasteiger charge is 2.34. The minimum absolute atomic E-state index is 0.422. The van der Waals surface area contributed by atoms with E-state index in [4.69, 9.17) is 9.97 Å². The second-order valence-electron chi connectivity index (χ2n) is 7.96. The van der Waals surface area contributed by atoms with Crippen molar-refractivity contribution in [1.82, 2.24) is 29.9 Å². The summed E-state index contributed by atoms with van der Waals surface area (Å²) in [5.41, 5.74) is 6.95. The van der Waals surface area contributed by atoms with Gasteiger partial charge < -0.3 is 15.2 Å². The summed E-state index contributed by atoms with van der Waals surface area (Å²) in [4.78, 5) is 15.7. The molecule has 142 valence electrons. The number of hydrogen-bond donors (Lipinski definition) is 2. The number of nitrogens with one attached hydrogen (secondary N) is 2. The highest BCUT2D eigenvalue weighted by Crippen LogP contribution is 2.35. The van der Waals surface area contributed by atoms with Crippen molar-refractivity contribution < 1.29 is 0 Å². The Balaban J connectivity index is 1.35. The summed E-state index contributed by atoms with van der Waals surface area (Å²) in [6.45, 7) is 6.01. The molecule has 5 heterocycles. The van der Waals surface area contributed by atoms with Crippen LogP contribution in [0.5, 0.6) is 0 Å². The molecule has 0 aliphatic carbocycles. The normalized spacial score (nSPS) is 17.7. The molecular weight excluding hydrogens is 350 g/mol. The Kier molecular flexibility index (Phi) is 3.46. The van der Waals surface area contributed by atoms with E-state index in [1.807, 2.05) is 16.8 Å². The van der Waals surface area contributed by atoms with Crippen LogP contribution in [-0.4, -0.2) is 50.7 Å². The molecule has 4 aromatic rings. The van der Waals surface area contributed by atoms with Crippen LogP contribution in [0.1, 0.15) is 28.6 Å². The average molecular weight is 373 g/mol. The number of nitrogens with zero attached hydrogens (tertiary/aromatic N) is 5. The molecule has 0 bridgehead atoms. The van der Waals surface area contributed by atoms with Gasteiger partial charge in [-0.3, -0.25) is 0 Å². The van der Waals surface area contributed by atoms with Gasteiger partial charge in [-0.25, -0.2) is 9.97 Å². The summed E-state index contributed by atoms with van der Waals surface area (Å²) < 4.78 is 2.02. The van der Waals surface area contributed by atoms with E-state index in [1.165, 1.54) is 22.6 Å². The van der Waals surface area contributed by atoms with Crippen LogP contribution in [0.2, 0.25) is 0 Å². The molecule has 0 unspecified atom stereocenters. The lowest BCUT2D eigenvalue weighted by Crippen LogP contribution is -2.47. The van der Waals surface area contributed by atoms with Crippen molar-refractivity contribution in [3.8, 4) is 0 Å². The molecule has 0 amide bonds. The van der Waals surface area contributed by atoms with E-state index in [2.05, 4.69) is 45.4 Å². The number of imidazole rings is 1. The Morgan fingerprint density at radius 3 is 2.89 bits per heavy atom. The SMILES string of the molecule is Cc1ccc2nc(C3CN(c4c5c(nc6ccnn46)CCNCC5)C3)[nH]c2c1. The van der Waals surface area contributed by atoms with Crippen molar-refractivity contribution in [2.75, 3.05) is 31.1 Å². The van der Waals surface area contributed by atoms with Gasteiger partial charge in [-0.1, -0.05) is 6.07 Å². The zero-order chi connectivity index (χ0) is 18.7. The molecule has 2 N–H and O–H groups in total. The second-order valence-corrected chi connectivity index (χ2v) is 7.96. The number of rotatable bonds is 2. The van der Waals surface area contributed by atoms with E-state index >= 15 is 0 Å². The zero-order valence-electron chi connectivity index (χ0n) is 15.9. The predicted octanol–water partition coefficient (Wildman–Crippen LogP) is 2.21. The number of anilines is 1. The fraction of sp³-hybridized carbons (Fsp3) is 0.381. The van der Waals surface area contributed by atoms with Crippen LogP contribution >= 0.6 is 0 Å². The van der Waals surface area contributed by atoms with Crippen molar-refractivity contribution in [1.29, 1.82) is 0 Å². The van der Waals surface area contributed by atoms with Gasteiger partial charge in [0.1, 0.15) is 11.6 Å². The predicted molar refractivity (Wildman–Crippen MR) is 109 cm³/mol. The summed E-state index contributed by atoms with van der Waals surface area (Å²) in [5.74, 6) is 2.73. The maximum Gasteiger partial charge on any atom is 0.157 e. The number of benzene rings is 1. The summed E-state index contributed by atoms with van der Waals surface area (Å²) >= 11 is 0. The first-order chi connectivity index (χ1) is 13.8. The average Bonchev–Trinajstić information content (AvgIpc) is 3.20. The number of aromatic amines is 1. The minimum Gasteiger partial charge on any atom is -0.355 e. The Labute approximate surface area is 162 Å². The zero-order valence-corrected chi connectivity index (χ0v) is 15.9. The van der Waals surface area contributed by atoms with Gasteiger partial charge in [-0.15, -0.1) is 0 Å². The molecule has 1 fully saturated rings. The summed E-state index contributed by atoms with van der Waals surface area (Å²) in [5, 5.41) is 8.07. The van der Waals surface area contributed by atoms with Crippen molar-refractivity contribution >= 4 is 22.5 Å². The maximum atomic E-state index is 4.87. The lowest BCUT2D eigenvalue weighted by Gasteiger charge is -2.41. The molecule has 7 heteroatoms. The lowest BCUT2D eigenvalue weighted by atomic mass is 9.97. The molecule has 0 saturated carbocycles. The molecule has 1 saturated heterocycles. The molecule has 0 atom stereocenters. The van der Waals surface area contributed by atoms with Gasteiger partial charge in [0.2, 0.25) is 0 Å². The molecule has 0 radical (unpaired) electrons. The molecule has 7 nitrogen and oxygen atoms in total. The summed E-state index contributed by atoms with van der Waals surface area (Å²) in [6.07, 6.45) is 3.82. The van der Waals surface area contributed by atoms with Crippen LogP contribution in [0.3, 0.4) is 0 Å². The largest absolute Gasteiger partial charge is 0.355 e. The number of aromatic nitrogens is 5. The van der Waals surface area contributed by atoms with Crippen LogP contribution in [0, 0.1) is 6.92 Å². The fourth-order valence-corrected chi connectivity index (χ4v) is 4.50. The molecule has 2 aliphatic rings. The summed E-state index contributed by atoms with van der Waals surface area (Å²) in [6, 6.07) is 8.39. The molecular formula is C21H23N7. The number of fused-ring (bicyclic) bond motifs is 3. The standard InChI is InChI=1S/C21H23N7/c1-13-2-3-17-18(10-13)26-20(25-17)14-11-27(12-14)21-15-4-7-22-8-5-16(15)24-19-6-9-23-28(19)21/h2-3,6,9-10,14,22H,4-5,7-8,11-12H2,1H3,(H,25,26). The monoisotopic (exact) mass is 373 g/mol. The van der Waals surface area contributed by atoms with Gasteiger partial charge in [0.15, 0.2) is 5.65 Å². The molecule has 0 spiro atoms. The van der Waals surface area contributed by atoms with Crippen LogP contribution in [0.4, 0.5) is 5.82 Å². The van der Waals surface area contributed by atoms with Crippen LogP contribution in [0.15, 0.2) is 30.5 Å². The van der Waals surface area contributed by atoms with Crippen molar-refractivity contribution in [2.45, 2.75) is 25.7 Å². The Bertz CT molecular complexity index is 1180. The third kappa shape index (κ3) is 2.43. The van der Waals surface area contributed by atoms with Gasteiger partial charge in [0.05, 0.1) is 28.8 Å². The lowest BCUT2D eigenvalue weighted by molar-refractivity contribution is 0.494. The first-order valence-corrected chi connectivity index (χ1v) is 10.0. The van der Waals surface area contributed by atoms with Gasteiger partial charge in [0.25, 0.3) is 0 Å². The smallest absolute Gasteiger partial charge is 0.157 e. The van der Waals surface area contributed by atoms with Gasteiger partial charge >= 0.3 is 0 Å². The maximum absolute atomic E-state index is 4.87. The quantitative estimate of drug-likeness (QED) is 0.564. The van der Waals surface area contributed by atoms with Gasteiger partial charge in [0, 0.05) is 37.7 Å². The van der Waals surface area contributed by atoms with E-state index in [-0.39, 0.29) is 0 Å². The second kappa shape index (κ2) is 6.04. The molecule has 28 heavy (non-hydrogen) atoms. The minimum atomic E-state index is 0.422. The molecule has 1 aromatic carbocycles. The molecule has 2 aliphatic heterocycles. The molecule has 3 aromatic heterocycles. The first-order valence-electron chi connectivity index (χ1n) is 10.0. The van der Waals surface area contributed by atoms with E-state index in [9.17, 15) is 0 Å². The first kappa shape index (κ1) is 16.1. The van der Waals surface area contributed by atoms with Crippen molar-refractivity contribution in [2.24, 2.45) is 0 Å². The highest BCUT2D eigenvalue weighted by molar-refractivity contribution is 5.76. The van der Waals surface area contributed by atoms with Gasteiger partial charge in [-0.2, -0.15) is 9.61 Å². The Morgan fingerprint density at radius 2 is 1.96 bits per heavy atom. The van der Waals surface area contributed by atoms with Crippen molar-refractivity contribution in [3.05, 3.63) is 53.1 Å². The van der Waals surface area contributed by atoms with Gasteiger partial charge in [-0.05, 0) is 37.6 Å². The third-order valence-electron chi connectivity index (χ3n) is 6.00. The van der Waals surface area contributed by atoms with Crippen molar-refractivity contribution in [3.63, 3.8) is 0 Å². The third-order valence-corrected chi connectivity index (χ3v) is 6.00. The van der Waals surface area contributed by atoms with E-state index in [0.717, 1.165) is 61.5 Å². The highest BCUT2D eigenvalue weighted by atomic mass is 15.4. The van der Waals surface area contributed by atoms with Crippen LogP contribution < -0.4 is 10.2 Å². The summed E-state index contributed by atoms with van der Waals surface area (Å²) in [7, 11) is 0. The van der Waals surface area contributed by atoms with Crippen LogP contribution in [-0.2, 0) is 12.8 Å². The number of H-pyrrole nitrogens is 1. The van der Waals surface area contributed by atoms with E-state index in [0.29, 0.717) is 5.92 Å². The fourth-order valence-electron chi connectivity index (χ4n) is 4.50.